The lowest BCUT2D eigenvalue weighted by Crippen LogP contribution is -2.37. The molecule has 0 spiro atoms. The van der Waals surface area contributed by atoms with Crippen molar-refractivity contribution in [1.82, 2.24) is 0 Å². The van der Waals surface area contributed by atoms with E-state index in [-0.39, 0.29) is 6.04 Å². The average molecular weight is 351 g/mol. The molecular weight excluding hydrogens is 322 g/mol. The van der Waals surface area contributed by atoms with Crippen molar-refractivity contribution in [3.05, 3.63) is 65.7 Å². The first-order valence-corrected chi connectivity index (χ1v) is 9.60. The summed E-state index contributed by atoms with van der Waals surface area (Å²) in [6, 6.07) is 16.5. The standard InChI is InChI=1S/C23H29NO2/c1-3-4-5-13-23(25)19-10-8-11-21(16-19)26-17-20-15-14-18-9-6-7-12-22(18)24(20)2/h6-12,14-16,20,23,25H,3-5,13,17H2,1-2H3. The van der Waals surface area contributed by atoms with Crippen LogP contribution in [0.2, 0.25) is 0 Å². The van der Waals surface area contributed by atoms with Crippen LogP contribution in [0.25, 0.3) is 6.08 Å². The Morgan fingerprint density at radius 3 is 2.81 bits per heavy atom. The van der Waals surface area contributed by atoms with E-state index in [2.05, 4.69) is 55.3 Å². The molecule has 1 N–H and O–H groups in total. The second-order valence-electron chi connectivity index (χ2n) is 6.99. The normalized spacial score (nSPS) is 17.0. The lowest BCUT2D eigenvalue weighted by Gasteiger charge is -2.32. The van der Waals surface area contributed by atoms with E-state index in [1.165, 1.54) is 17.7 Å². The third-order valence-electron chi connectivity index (χ3n) is 5.06. The number of likely N-dealkylation sites (N-methyl/N-ethyl adjacent to an activating group) is 1. The van der Waals surface area contributed by atoms with Crippen LogP contribution in [0.15, 0.2) is 54.6 Å². The summed E-state index contributed by atoms with van der Waals surface area (Å²) in [5, 5.41) is 10.4. The summed E-state index contributed by atoms with van der Waals surface area (Å²) in [6.07, 6.45) is 8.14. The molecule has 3 heteroatoms. The molecule has 2 aromatic rings. The molecule has 3 nitrogen and oxygen atoms in total. The van der Waals surface area contributed by atoms with Gasteiger partial charge in [0.1, 0.15) is 12.4 Å². The molecule has 0 aromatic heterocycles. The maximum Gasteiger partial charge on any atom is 0.119 e. The van der Waals surface area contributed by atoms with Crippen LogP contribution < -0.4 is 9.64 Å². The van der Waals surface area contributed by atoms with Crippen LogP contribution in [0.4, 0.5) is 5.69 Å². The zero-order chi connectivity index (χ0) is 18.4. The van der Waals surface area contributed by atoms with Crippen LogP contribution in [0, 0.1) is 0 Å². The number of benzene rings is 2. The Morgan fingerprint density at radius 1 is 1.12 bits per heavy atom. The van der Waals surface area contributed by atoms with Gasteiger partial charge in [-0.3, -0.25) is 0 Å². The first kappa shape index (κ1) is 18.5. The van der Waals surface area contributed by atoms with Crippen molar-refractivity contribution in [3.63, 3.8) is 0 Å². The summed E-state index contributed by atoms with van der Waals surface area (Å²) < 4.78 is 6.04. The molecule has 1 heterocycles. The van der Waals surface area contributed by atoms with Crippen LogP contribution in [0.1, 0.15) is 49.8 Å². The predicted molar refractivity (Wildman–Crippen MR) is 109 cm³/mol. The smallest absolute Gasteiger partial charge is 0.119 e. The maximum atomic E-state index is 10.4. The van der Waals surface area contributed by atoms with Crippen molar-refractivity contribution in [1.29, 1.82) is 0 Å². The van der Waals surface area contributed by atoms with E-state index in [0.29, 0.717) is 6.61 Å². The Labute approximate surface area is 156 Å². The molecule has 0 saturated heterocycles. The third kappa shape index (κ3) is 4.47. The van der Waals surface area contributed by atoms with Gasteiger partial charge in [0.05, 0.1) is 12.1 Å². The molecule has 2 unspecified atom stereocenters. The molecule has 0 saturated carbocycles. The van der Waals surface area contributed by atoms with Gasteiger partial charge in [0.2, 0.25) is 0 Å². The Hall–Kier alpha value is -2.26. The molecule has 138 valence electrons. The minimum absolute atomic E-state index is 0.197. The summed E-state index contributed by atoms with van der Waals surface area (Å²) in [5.74, 6) is 0.817. The number of nitrogens with zero attached hydrogens (tertiary/aromatic N) is 1. The van der Waals surface area contributed by atoms with E-state index in [4.69, 9.17) is 4.74 Å². The highest BCUT2D eigenvalue weighted by Crippen LogP contribution is 2.28. The number of hydrogen-bond acceptors (Lipinski definition) is 3. The van der Waals surface area contributed by atoms with Gasteiger partial charge in [-0.25, -0.2) is 0 Å². The van der Waals surface area contributed by atoms with E-state index < -0.39 is 6.10 Å². The molecular formula is C23H29NO2. The number of aliphatic hydroxyl groups is 1. The Kier molecular flexibility index (Phi) is 6.35. The van der Waals surface area contributed by atoms with E-state index in [9.17, 15) is 5.11 Å². The van der Waals surface area contributed by atoms with Crippen LogP contribution >= 0.6 is 0 Å². The molecule has 0 fully saturated rings. The van der Waals surface area contributed by atoms with Gasteiger partial charge in [-0.15, -0.1) is 0 Å². The van der Waals surface area contributed by atoms with Gasteiger partial charge >= 0.3 is 0 Å². The van der Waals surface area contributed by atoms with Gasteiger partial charge in [-0.1, -0.05) is 68.7 Å². The number of para-hydroxylation sites is 1. The van der Waals surface area contributed by atoms with Crippen LogP contribution in [-0.2, 0) is 0 Å². The molecule has 0 radical (unpaired) electrons. The maximum absolute atomic E-state index is 10.4. The number of fused-ring (bicyclic) bond motifs is 1. The summed E-state index contributed by atoms with van der Waals surface area (Å²) in [4.78, 5) is 2.25. The van der Waals surface area contributed by atoms with Gasteiger partial charge in [0.25, 0.3) is 0 Å². The first-order chi connectivity index (χ1) is 12.7. The highest BCUT2D eigenvalue weighted by Gasteiger charge is 2.19. The average Bonchev–Trinajstić information content (AvgIpc) is 2.68. The van der Waals surface area contributed by atoms with Crippen molar-refractivity contribution in [2.24, 2.45) is 0 Å². The molecule has 26 heavy (non-hydrogen) atoms. The Bertz CT molecular complexity index is 740. The summed E-state index contributed by atoms with van der Waals surface area (Å²) >= 11 is 0. The van der Waals surface area contributed by atoms with Gasteiger partial charge in [0, 0.05) is 12.7 Å². The third-order valence-corrected chi connectivity index (χ3v) is 5.06. The van der Waals surface area contributed by atoms with E-state index in [0.717, 1.165) is 30.6 Å². The second-order valence-corrected chi connectivity index (χ2v) is 6.99. The van der Waals surface area contributed by atoms with E-state index in [1.807, 2.05) is 24.3 Å². The van der Waals surface area contributed by atoms with Crippen molar-refractivity contribution in [2.45, 2.75) is 44.8 Å². The van der Waals surface area contributed by atoms with Crippen molar-refractivity contribution in [3.8, 4) is 5.75 Å². The molecule has 1 aliphatic heterocycles. The molecule has 0 aliphatic carbocycles. The van der Waals surface area contributed by atoms with Crippen LogP contribution in [-0.4, -0.2) is 24.8 Å². The summed E-state index contributed by atoms with van der Waals surface area (Å²) in [7, 11) is 2.10. The number of aliphatic hydroxyl groups excluding tert-OH is 1. The predicted octanol–water partition coefficient (Wildman–Crippen LogP) is 5.21. The molecule has 1 aliphatic rings. The van der Waals surface area contributed by atoms with Gasteiger partial charge in [-0.05, 0) is 35.7 Å². The van der Waals surface area contributed by atoms with Gasteiger partial charge in [-0.2, -0.15) is 0 Å². The fourth-order valence-electron chi connectivity index (χ4n) is 3.39. The SMILES string of the molecule is CCCCCC(O)c1cccc(OCC2C=Cc3ccccc3N2C)c1. The summed E-state index contributed by atoms with van der Waals surface area (Å²) in [5.41, 5.74) is 3.41. The van der Waals surface area contributed by atoms with Crippen LogP contribution in [0.5, 0.6) is 5.75 Å². The zero-order valence-corrected chi connectivity index (χ0v) is 15.8. The molecule has 0 amide bonds. The summed E-state index contributed by atoms with van der Waals surface area (Å²) in [6.45, 7) is 2.76. The molecule has 0 bridgehead atoms. The number of unbranched alkanes of at least 4 members (excludes halogenated alkanes) is 2. The Balaban J connectivity index is 1.59. The van der Waals surface area contributed by atoms with Crippen LogP contribution in [0.3, 0.4) is 0 Å². The largest absolute Gasteiger partial charge is 0.491 e. The highest BCUT2D eigenvalue weighted by molar-refractivity contribution is 5.71. The number of anilines is 1. The van der Waals surface area contributed by atoms with Crippen molar-refractivity contribution < 1.29 is 9.84 Å². The first-order valence-electron chi connectivity index (χ1n) is 9.60. The minimum Gasteiger partial charge on any atom is -0.491 e. The lowest BCUT2D eigenvalue weighted by molar-refractivity contribution is 0.163. The fourth-order valence-corrected chi connectivity index (χ4v) is 3.39. The molecule has 2 aromatic carbocycles. The van der Waals surface area contributed by atoms with E-state index in [1.54, 1.807) is 0 Å². The topological polar surface area (TPSA) is 32.7 Å². The number of hydrogen-bond donors (Lipinski definition) is 1. The minimum atomic E-state index is -0.408. The van der Waals surface area contributed by atoms with Crippen molar-refractivity contribution in [2.75, 3.05) is 18.6 Å². The Morgan fingerprint density at radius 2 is 1.96 bits per heavy atom. The van der Waals surface area contributed by atoms with Crippen molar-refractivity contribution >= 4 is 11.8 Å². The van der Waals surface area contributed by atoms with Gasteiger partial charge < -0.3 is 14.7 Å². The van der Waals surface area contributed by atoms with Gasteiger partial charge in [0.15, 0.2) is 0 Å². The second kappa shape index (κ2) is 8.91. The monoisotopic (exact) mass is 351 g/mol. The highest BCUT2D eigenvalue weighted by atomic mass is 16.5. The fraction of sp³-hybridized carbons (Fsp3) is 0.391. The zero-order valence-electron chi connectivity index (χ0n) is 15.8. The molecule has 3 rings (SSSR count). The number of rotatable bonds is 8. The van der Waals surface area contributed by atoms with E-state index >= 15 is 0 Å². The number of ether oxygens (including phenoxy) is 1. The molecule has 2 atom stereocenters. The quantitative estimate of drug-likeness (QED) is 0.663. The lowest BCUT2D eigenvalue weighted by atomic mass is 10.0.